The number of benzene rings is 1. The van der Waals surface area contributed by atoms with Crippen molar-refractivity contribution in [2.45, 2.75) is 39.2 Å². The first-order chi connectivity index (χ1) is 8.09. The maximum atomic E-state index is 10.4. The van der Waals surface area contributed by atoms with E-state index in [4.69, 9.17) is 11.6 Å². The van der Waals surface area contributed by atoms with Gasteiger partial charge in [0.05, 0.1) is 6.10 Å². The lowest BCUT2D eigenvalue weighted by Crippen LogP contribution is -2.25. The first-order valence-electron chi connectivity index (χ1n) is 6.52. The number of aliphatic hydroxyl groups is 1. The Balaban J connectivity index is 2.10. The molecule has 94 valence electrons. The Morgan fingerprint density at radius 3 is 2.53 bits per heavy atom. The van der Waals surface area contributed by atoms with Crippen molar-refractivity contribution in [3.63, 3.8) is 0 Å². The number of hydrogen-bond donors (Lipinski definition) is 1. The molecule has 0 saturated heterocycles. The molecule has 4 atom stereocenters. The average Bonchev–Trinajstić information content (AvgIpc) is 2.32. The summed E-state index contributed by atoms with van der Waals surface area (Å²) in [6, 6.07) is 7.65. The number of aliphatic hydroxyl groups excluding tert-OH is 1. The van der Waals surface area contributed by atoms with Gasteiger partial charge < -0.3 is 5.11 Å². The molecule has 0 aliphatic heterocycles. The van der Waals surface area contributed by atoms with E-state index in [-0.39, 0.29) is 0 Å². The fraction of sp³-hybridized carbons (Fsp3) is 0.600. The Labute approximate surface area is 109 Å². The largest absolute Gasteiger partial charge is 0.388 e. The first kappa shape index (κ1) is 12.9. The highest BCUT2D eigenvalue weighted by Gasteiger charge is 2.30. The third kappa shape index (κ3) is 2.83. The van der Waals surface area contributed by atoms with Crippen molar-refractivity contribution in [1.29, 1.82) is 0 Å². The Kier molecular flexibility index (Phi) is 4.11. The Bertz CT molecular complexity index is 377. The van der Waals surface area contributed by atoms with E-state index in [9.17, 15) is 5.11 Å². The summed E-state index contributed by atoms with van der Waals surface area (Å²) in [5.41, 5.74) is 0.890. The first-order valence-corrected chi connectivity index (χ1v) is 6.90. The SMILES string of the molecule is CC1CCC(C(O)c2ccccc2Cl)CC1C. The number of hydrogen-bond acceptors (Lipinski definition) is 1. The van der Waals surface area contributed by atoms with Crippen molar-refractivity contribution >= 4 is 11.6 Å². The van der Waals surface area contributed by atoms with Gasteiger partial charge in [0.25, 0.3) is 0 Å². The zero-order valence-electron chi connectivity index (χ0n) is 10.6. The summed E-state index contributed by atoms with van der Waals surface area (Å²) in [7, 11) is 0. The summed E-state index contributed by atoms with van der Waals surface area (Å²) in [6.07, 6.45) is 3.03. The van der Waals surface area contributed by atoms with Gasteiger partial charge >= 0.3 is 0 Å². The molecule has 1 fully saturated rings. The molecule has 0 radical (unpaired) electrons. The molecule has 1 aromatic carbocycles. The van der Waals surface area contributed by atoms with E-state index in [0.717, 1.165) is 24.3 Å². The summed E-state index contributed by atoms with van der Waals surface area (Å²) >= 11 is 6.14. The van der Waals surface area contributed by atoms with Crippen molar-refractivity contribution in [2.24, 2.45) is 17.8 Å². The predicted molar refractivity (Wildman–Crippen MR) is 72.1 cm³/mol. The molecule has 0 spiro atoms. The molecule has 4 unspecified atom stereocenters. The van der Waals surface area contributed by atoms with Crippen LogP contribution in [0, 0.1) is 17.8 Å². The van der Waals surface area contributed by atoms with E-state index in [0.29, 0.717) is 16.9 Å². The van der Waals surface area contributed by atoms with Gasteiger partial charge in [0.1, 0.15) is 0 Å². The minimum atomic E-state index is -0.404. The summed E-state index contributed by atoms with van der Waals surface area (Å²) < 4.78 is 0. The van der Waals surface area contributed by atoms with Crippen LogP contribution >= 0.6 is 11.6 Å². The molecular weight excluding hydrogens is 232 g/mol. The van der Waals surface area contributed by atoms with E-state index in [2.05, 4.69) is 13.8 Å². The van der Waals surface area contributed by atoms with Crippen LogP contribution in [0.25, 0.3) is 0 Å². The monoisotopic (exact) mass is 252 g/mol. The van der Waals surface area contributed by atoms with Crippen molar-refractivity contribution in [3.8, 4) is 0 Å². The van der Waals surface area contributed by atoms with Crippen LogP contribution in [-0.2, 0) is 0 Å². The van der Waals surface area contributed by atoms with Gasteiger partial charge in [0, 0.05) is 5.02 Å². The molecule has 0 bridgehead atoms. The van der Waals surface area contributed by atoms with Crippen LogP contribution in [0.4, 0.5) is 0 Å². The Morgan fingerprint density at radius 1 is 1.18 bits per heavy atom. The van der Waals surface area contributed by atoms with Crippen LogP contribution in [0.3, 0.4) is 0 Å². The third-order valence-electron chi connectivity index (χ3n) is 4.31. The van der Waals surface area contributed by atoms with E-state index in [1.807, 2.05) is 24.3 Å². The van der Waals surface area contributed by atoms with E-state index >= 15 is 0 Å². The van der Waals surface area contributed by atoms with Crippen LogP contribution in [0.1, 0.15) is 44.8 Å². The van der Waals surface area contributed by atoms with Crippen LogP contribution in [0.2, 0.25) is 5.02 Å². The summed E-state index contributed by atoms with van der Waals surface area (Å²) in [5.74, 6) is 1.84. The molecule has 0 aromatic heterocycles. The molecule has 1 N–H and O–H groups in total. The second-order valence-electron chi connectivity index (χ2n) is 5.49. The van der Waals surface area contributed by atoms with E-state index in [1.54, 1.807) is 0 Å². The molecule has 2 heteroatoms. The summed E-state index contributed by atoms with van der Waals surface area (Å²) in [6.45, 7) is 4.60. The van der Waals surface area contributed by atoms with Gasteiger partial charge in [-0.05, 0) is 42.2 Å². The molecule has 1 saturated carbocycles. The highest BCUT2D eigenvalue weighted by Crippen LogP contribution is 2.41. The maximum Gasteiger partial charge on any atom is 0.0832 e. The van der Waals surface area contributed by atoms with Gasteiger partial charge in [-0.3, -0.25) is 0 Å². The molecule has 17 heavy (non-hydrogen) atoms. The smallest absolute Gasteiger partial charge is 0.0832 e. The molecule has 1 nitrogen and oxygen atoms in total. The predicted octanol–water partition coefficient (Wildman–Crippen LogP) is 4.45. The zero-order valence-corrected chi connectivity index (χ0v) is 11.3. The Morgan fingerprint density at radius 2 is 1.88 bits per heavy atom. The maximum absolute atomic E-state index is 10.4. The molecular formula is C15H21ClO. The Hall–Kier alpha value is -0.530. The van der Waals surface area contributed by atoms with E-state index in [1.165, 1.54) is 6.42 Å². The van der Waals surface area contributed by atoms with Crippen LogP contribution in [0.15, 0.2) is 24.3 Å². The fourth-order valence-corrected chi connectivity index (χ4v) is 3.09. The molecule has 1 aromatic rings. The molecule has 1 aliphatic carbocycles. The molecule has 0 heterocycles. The molecule has 2 rings (SSSR count). The van der Waals surface area contributed by atoms with Gasteiger partial charge in [-0.25, -0.2) is 0 Å². The van der Waals surface area contributed by atoms with Gasteiger partial charge in [-0.2, -0.15) is 0 Å². The molecule has 0 amide bonds. The lowest BCUT2D eigenvalue weighted by atomic mass is 9.73. The van der Waals surface area contributed by atoms with Gasteiger partial charge in [0.15, 0.2) is 0 Å². The lowest BCUT2D eigenvalue weighted by molar-refractivity contribution is 0.0562. The fourth-order valence-electron chi connectivity index (χ4n) is 2.84. The lowest BCUT2D eigenvalue weighted by Gasteiger charge is -2.35. The summed E-state index contributed by atoms with van der Waals surface area (Å²) in [4.78, 5) is 0. The highest BCUT2D eigenvalue weighted by atomic mass is 35.5. The van der Waals surface area contributed by atoms with Crippen molar-refractivity contribution < 1.29 is 5.11 Å². The van der Waals surface area contributed by atoms with Gasteiger partial charge in [0.2, 0.25) is 0 Å². The van der Waals surface area contributed by atoms with Gasteiger partial charge in [-0.15, -0.1) is 0 Å². The second-order valence-corrected chi connectivity index (χ2v) is 5.90. The summed E-state index contributed by atoms with van der Waals surface area (Å²) in [5, 5.41) is 11.1. The third-order valence-corrected chi connectivity index (χ3v) is 4.65. The number of halogens is 1. The quantitative estimate of drug-likeness (QED) is 0.825. The second kappa shape index (κ2) is 5.41. The molecule has 1 aliphatic rings. The standard InChI is InChI=1S/C15H21ClO/c1-10-7-8-12(9-11(10)2)15(17)13-5-3-4-6-14(13)16/h3-6,10-12,15,17H,7-9H2,1-2H3. The highest BCUT2D eigenvalue weighted by molar-refractivity contribution is 6.31. The zero-order chi connectivity index (χ0) is 12.4. The topological polar surface area (TPSA) is 20.2 Å². The van der Waals surface area contributed by atoms with Crippen molar-refractivity contribution in [1.82, 2.24) is 0 Å². The minimum Gasteiger partial charge on any atom is -0.388 e. The minimum absolute atomic E-state index is 0.362. The van der Waals surface area contributed by atoms with Crippen LogP contribution in [-0.4, -0.2) is 5.11 Å². The van der Waals surface area contributed by atoms with Crippen LogP contribution in [0.5, 0.6) is 0 Å². The average molecular weight is 253 g/mol. The van der Waals surface area contributed by atoms with Crippen molar-refractivity contribution in [3.05, 3.63) is 34.9 Å². The van der Waals surface area contributed by atoms with Gasteiger partial charge in [-0.1, -0.05) is 50.1 Å². The normalized spacial score (nSPS) is 31.2. The number of rotatable bonds is 2. The van der Waals surface area contributed by atoms with E-state index < -0.39 is 6.10 Å². The van der Waals surface area contributed by atoms with Crippen LogP contribution < -0.4 is 0 Å². The van der Waals surface area contributed by atoms with Crippen molar-refractivity contribution in [2.75, 3.05) is 0 Å².